The Bertz CT molecular complexity index is 479. The van der Waals surface area contributed by atoms with E-state index in [4.69, 9.17) is 5.11 Å². The molecule has 0 aliphatic heterocycles. The maximum Gasteiger partial charge on any atom is 0.370 e. The van der Waals surface area contributed by atoms with Crippen LogP contribution in [0.3, 0.4) is 0 Å². The number of para-hydroxylation sites is 1. The molecule has 0 unspecified atom stereocenters. The number of hydrogen-bond acceptors (Lipinski definition) is 1. The summed E-state index contributed by atoms with van der Waals surface area (Å²) < 4.78 is 1.72. The van der Waals surface area contributed by atoms with Gasteiger partial charge in [-0.2, -0.15) is 4.57 Å². The Kier molecular flexibility index (Phi) is 3.80. The van der Waals surface area contributed by atoms with Gasteiger partial charge in [0.1, 0.15) is 0 Å². The number of carboxylic acid groups (broad SMARTS) is 1. The summed E-state index contributed by atoms with van der Waals surface area (Å²) in [4.78, 5) is 10.6. The Balaban J connectivity index is 0.00000112. The molecule has 0 aliphatic carbocycles. The van der Waals surface area contributed by atoms with Crippen molar-refractivity contribution in [2.24, 2.45) is 0 Å². The first kappa shape index (κ1) is 11.7. The molecule has 2 aromatic rings. The van der Waals surface area contributed by atoms with E-state index in [1.54, 1.807) is 10.8 Å². The van der Waals surface area contributed by atoms with Gasteiger partial charge in [0.2, 0.25) is 12.1 Å². The van der Waals surface area contributed by atoms with Crippen molar-refractivity contribution in [3.8, 4) is 0 Å². The minimum absolute atomic E-state index is 0. The lowest BCUT2D eigenvalue weighted by Gasteiger charge is -1.97. The Hall–Kier alpha value is -1.42. The molecule has 0 fully saturated rings. The topological polar surface area (TPSA) is 41.2 Å². The van der Waals surface area contributed by atoms with Crippen LogP contribution in [0.2, 0.25) is 0 Å². The number of hydrogen-bond donors (Lipinski definition) is 1. The van der Waals surface area contributed by atoms with Crippen LogP contribution < -0.4 is 21.5 Å². The number of aliphatic carboxylic acids is 1. The predicted octanol–water partition coefficient (Wildman–Crippen LogP) is -1.78. The monoisotopic (exact) mass is 267 g/mol. The van der Waals surface area contributed by atoms with Gasteiger partial charge in [-0.25, -0.2) is 4.79 Å². The van der Waals surface area contributed by atoms with Crippen LogP contribution in [-0.2, 0) is 11.3 Å². The molecule has 1 aromatic carbocycles. The van der Waals surface area contributed by atoms with Crippen LogP contribution in [0.25, 0.3) is 10.9 Å². The summed E-state index contributed by atoms with van der Waals surface area (Å²) >= 11 is 0. The minimum Gasteiger partial charge on any atom is -1.00 e. The fourth-order valence-electron chi connectivity index (χ4n) is 1.50. The predicted molar refractivity (Wildman–Crippen MR) is 51.8 cm³/mol. The lowest BCUT2D eigenvalue weighted by atomic mass is 10.2. The Morgan fingerprint density at radius 1 is 1.20 bits per heavy atom. The third kappa shape index (κ3) is 2.53. The van der Waals surface area contributed by atoms with Crippen LogP contribution >= 0.6 is 0 Å². The van der Waals surface area contributed by atoms with E-state index >= 15 is 0 Å². The molecule has 1 heterocycles. The molecule has 0 saturated heterocycles. The number of halogens is 1. The molecule has 2 rings (SSSR count). The van der Waals surface area contributed by atoms with E-state index in [1.165, 1.54) is 0 Å². The number of carbonyl (C=O) groups is 1. The smallest absolute Gasteiger partial charge is 0.370 e. The van der Waals surface area contributed by atoms with Gasteiger partial charge in [0, 0.05) is 17.5 Å². The highest BCUT2D eigenvalue weighted by Crippen LogP contribution is 2.07. The van der Waals surface area contributed by atoms with Crippen molar-refractivity contribution in [2.45, 2.75) is 6.54 Å². The normalized spacial score (nSPS) is 9.60. The third-order valence-electron chi connectivity index (χ3n) is 2.09. The molecule has 1 N–H and O–H groups in total. The quantitative estimate of drug-likeness (QED) is 0.654. The van der Waals surface area contributed by atoms with Gasteiger partial charge in [-0.05, 0) is 12.1 Å². The van der Waals surface area contributed by atoms with Crippen molar-refractivity contribution >= 4 is 16.9 Å². The summed E-state index contributed by atoms with van der Waals surface area (Å²) in [7, 11) is 0. The molecule has 0 bridgehead atoms. The highest BCUT2D eigenvalue weighted by Gasteiger charge is 2.10. The first-order chi connectivity index (χ1) is 6.77. The van der Waals surface area contributed by atoms with Crippen molar-refractivity contribution in [1.29, 1.82) is 0 Å². The first-order valence-electron chi connectivity index (χ1n) is 4.36. The van der Waals surface area contributed by atoms with E-state index in [1.807, 2.05) is 36.4 Å². The van der Waals surface area contributed by atoms with Crippen LogP contribution in [-0.4, -0.2) is 11.1 Å². The van der Waals surface area contributed by atoms with Crippen molar-refractivity contribution in [1.82, 2.24) is 0 Å². The van der Waals surface area contributed by atoms with Crippen molar-refractivity contribution in [2.75, 3.05) is 0 Å². The zero-order valence-corrected chi connectivity index (χ0v) is 9.52. The number of aromatic nitrogens is 1. The summed E-state index contributed by atoms with van der Waals surface area (Å²) in [6, 6.07) is 11.5. The van der Waals surface area contributed by atoms with Gasteiger partial charge in [0.25, 0.3) is 0 Å². The van der Waals surface area contributed by atoms with E-state index in [9.17, 15) is 4.79 Å². The van der Waals surface area contributed by atoms with Crippen LogP contribution in [0.1, 0.15) is 0 Å². The number of benzene rings is 1. The second-order valence-corrected chi connectivity index (χ2v) is 3.09. The van der Waals surface area contributed by atoms with Crippen molar-refractivity contribution in [3.05, 3.63) is 42.6 Å². The minimum atomic E-state index is -0.827. The third-order valence-corrected chi connectivity index (χ3v) is 2.09. The van der Waals surface area contributed by atoms with Gasteiger partial charge in [0.15, 0.2) is 6.20 Å². The molecule has 0 radical (unpaired) electrons. The lowest BCUT2D eigenvalue weighted by Crippen LogP contribution is -3.00. The average molecular weight is 268 g/mol. The van der Waals surface area contributed by atoms with Crippen molar-refractivity contribution < 1.29 is 31.4 Å². The fourth-order valence-corrected chi connectivity index (χ4v) is 1.50. The van der Waals surface area contributed by atoms with Gasteiger partial charge in [0.05, 0.1) is 0 Å². The standard InChI is InChI=1S/C11H9NO2.BrH/c13-11(14)8-12-7-3-5-9-4-1-2-6-10(9)12;/h1-7H,8H2;1H. The lowest BCUT2D eigenvalue weighted by molar-refractivity contribution is -0.659. The Labute approximate surface area is 97.7 Å². The summed E-state index contributed by atoms with van der Waals surface area (Å²) in [5.74, 6) is -0.827. The number of fused-ring (bicyclic) bond motifs is 1. The van der Waals surface area contributed by atoms with Gasteiger partial charge in [-0.1, -0.05) is 12.1 Å². The highest BCUT2D eigenvalue weighted by atomic mass is 79.9. The van der Waals surface area contributed by atoms with E-state index in [0.717, 1.165) is 10.9 Å². The van der Waals surface area contributed by atoms with Crippen molar-refractivity contribution in [3.63, 3.8) is 0 Å². The molecule has 1 aromatic heterocycles. The second kappa shape index (κ2) is 4.89. The van der Waals surface area contributed by atoms with E-state index in [-0.39, 0.29) is 23.5 Å². The van der Waals surface area contributed by atoms with Gasteiger partial charge in [-0.3, -0.25) is 0 Å². The maximum absolute atomic E-state index is 10.6. The second-order valence-electron chi connectivity index (χ2n) is 3.09. The summed E-state index contributed by atoms with van der Waals surface area (Å²) in [6.45, 7) is 0.00134. The highest BCUT2D eigenvalue weighted by molar-refractivity contribution is 5.75. The molecular formula is C11H10BrNO2. The first-order valence-corrected chi connectivity index (χ1v) is 4.36. The fraction of sp³-hybridized carbons (Fsp3) is 0.0909. The molecule has 15 heavy (non-hydrogen) atoms. The van der Waals surface area contributed by atoms with Crippen LogP contribution in [0.4, 0.5) is 0 Å². The zero-order chi connectivity index (χ0) is 9.97. The molecule has 4 heteroatoms. The number of carboxylic acids is 1. The SMILES string of the molecule is O=C(O)C[n+]1cccc2ccccc21.[Br-]. The van der Waals surface area contributed by atoms with Gasteiger partial charge >= 0.3 is 5.97 Å². The largest absolute Gasteiger partial charge is 1.00 e. The number of rotatable bonds is 2. The number of nitrogens with zero attached hydrogens (tertiary/aromatic N) is 1. The summed E-state index contributed by atoms with van der Waals surface area (Å²) in [6.07, 6.45) is 1.77. The number of pyridine rings is 1. The van der Waals surface area contributed by atoms with Gasteiger partial charge in [-0.15, -0.1) is 0 Å². The van der Waals surface area contributed by atoms with Crippen LogP contribution in [0.5, 0.6) is 0 Å². The van der Waals surface area contributed by atoms with Crippen LogP contribution in [0.15, 0.2) is 42.6 Å². The van der Waals surface area contributed by atoms with E-state index < -0.39 is 5.97 Å². The molecule has 0 atom stereocenters. The molecule has 78 valence electrons. The molecule has 0 spiro atoms. The molecule has 3 nitrogen and oxygen atoms in total. The maximum atomic E-state index is 10.6. The molecule has 0 amide bonds. The van der Waals surface area contributed by atoms with Crippen LogP contribution in [0, 0.1) is 0 Å². The molecule has 0 saturated carbocycles. The molecule has 0 aliphatic rings. The zero-order valence-electron chi connectivity index (χ0n) is 7.93. The Morgan fingerprint density at radius 3 is 2.60 bits per heavy atom. The van der Waals surface area contributed by atoms with E-state index in [0.29, 0.717) is 0 Å². The summed E-state index contributed by atoms with van der Waals surface area (Å²) in [5.41, 5.74) is 0.942. The molecular weight excluding hydrogens is 258 g/mol. The average Bonchev–Trinajstić information content (AvgIpc) is 2.18. The Morgan fingerprint density at radius 2 is 1.87 bits per heavy atom. The summed E-state index contributed by atoms with van der Waals surface area (Å²) in [5, 5.41) is 9.76. The van der Waals surface area contributed by atoms with Gasteiger partial charge < -0.3 is 22.1 Å². The van der Waals surface area contributed by atoms with E-state index in [2.05, 4.69) is 0 Å².